The van der Waals surface area contributed by atoms with Crippen molar-refractivity contribution in [1.82, 2.24) is 0 Å². The molecule has 0 heterocycles. The van der Waals surface area contributed by atoms with E-state index in [1.807, 2.05) is 0 Å². The Morgan fingerprint density at radius 1 is 1.45 bits per heavy atom. The molecule has 3 heteroatoms. The second-order valence-corrected chi connectivity index (χ2v) is 3.01. The monoisotopic (exact) mass is 218 g/mol. The molecule has 0 aliphatic rings. The van der Waals surface area contributed by atoms with E-state index in [4.69, 9.17) is 4.74 Å². The number of hydrogen-bond acceptors (Lipinski definition) is 1. The highest BCUT2D eigenvalue weighted by Crippen LogP contribution is 2.28. The maximum Gasteiger partial charge on any atom is 0.144 e. The van der Waals surface area contributed by atoms with Crippen LogP contribution in [0, 0.1) is 12.7 Å². The number of ether oxygens (including phenoxy) is 1. The van der Waals surface area contributed by atoms with Crippen LogP contribution in [0.3, 0.4) is 0 Å². The molecule has 1 aromatic rings. The Hall–Kier alpha value is -0.570. The zero-order valence-electron chi connectivity index (χ0n) is 6.32. The molecule has 0 spiro atoms. The van der Waals surface area contributed by atoms with Crippen LogP contribution in [0.25, 0.3) is 0 Å². The summed E-state index contributed by atoms with van der Waals surface area (Å²) < 4.78 is 18.3. The van der Waals surface area contributed by atoms with Gasteiger partial charge >= 0.3 is 0 Å². The van der Waals surface area contributed by atoms with Gasteiger partial charge in [-0.1, -0.05) is 6.07 Å². The number of benzene rings is 1. The molecule has 0 N–H and O–H groups in total. The van der Waals surface area contributed by atoms with Gasteiger partial charge < -0.3 is 4.74 Å². The normalized spacial score (nSPS) is 9.82. The first-order valence-electron chi connectivity index (χ1n) is 3.15. The topological polar surface area (TPSA) is 9.23 Å². The van der Waals surface area contributed by atoms with Gasteiger partial charge in [0, 0.05) is 0 Å². The molecule has 0 aliphatic carbocycles. The first-order valence-corrected chi connectivity index (χ1v) is 3.94. The van der Waals surface area contributed by atoms with Crippen molar-refractivity contribution in [2.45, 2.75) is 6.92 Å². The molecule has 0 radical (unpaired) electrons. The van der Waals surface area contributed by atoms with Gasteiger partial charge in [0.25, 0.3) is 0 Å². The maximum absolute atomic E-state index is 13.1. The third kappa shape index (κ3) is 1.53. The SMILES string of the molecule is COc1ccc(C)c(F)c1Br. The second-order valence-electron chi connectivity index (χ2n) is 2.21. The predicted octanol–water partition coefficient (Wildman–Crippen LogP) is 2.91. The lowest BCUT2D eigenvalue weighted by atomic mass is 10.2. The fourth-order valence-electron chi connectivity index (χ4n) is 0.786. The number of rotatable bonds is 1. The zero-order chi connectivity index (χ0) is 8.43. The smallest absolute Gasteiger partial charge is 0.144 e. The van der Waals surface area contributed by atoms with Gasteiger partial charge in [0.2, 0.25) is 0 Å². The average Bonchev–Trinajstić information content (AvgIpc) is 2.01. The Kier molecular flexibility index (Phi) is 2.49. The molecule has 0 saturated carbocycles. The highest BCUT2D eigenvalue weighted by Gasteiger charge is 2.07. The summed E-state index contributed by atoms with van der Waals surface area (Å²) in [6.07, 6.45) is 0. The third-order valence-corrected chi connectivity index (χ3v) is 2.20. The van der Waals surface area contributed by atoms with Crippen LogP contribution in [0.4, 0.5) is 4.39 Å². The van der Waals surface area contributed by atoms with E-state index in [-0.39, 0.29) is 5.82 Å². The van der Waals surface area contributed by atoms with Crippen LogP contribution in [-0.4, -0.2) is 7.11 Å². The molecule has 1 nitrogen and oxygen atoms in total. The van der Waals surface area contributed by atoms with E-state index in [0.29, 0.717) is 15.8 Å². The minimum Gasteiger partial charge on any atom is -0.495 e. The van der Waals surface area contributed by atoms with E-state index in [1.54, 1.807) is 19.1 Å². The minimum absolute atomic E-state index is 0.260. The zero-order valence-corrected chi connectivity index (χ0v) is 7.90. The molecule has 0 saturated heterocycles. The van der Waals surface area contributed by atoms with Crippen molar-refractivity contribution in [3.8, 4) is 5.75 Å². The summed E-state index contributed by atoms with van der Waals surface area (Å²) in [6, 6.07) is 3.40. The number of methoxy groups -OCH3 is 1. The van der Waals surface area contributed by atoms with E-state index < -0.39 is 0 Å². The van der Waals surface area contributed by atoms with Crippen molar-refractivity contribution in [2.75, 3.05) is 7.11 Å². The first kappa shape index (κ1) is 8.53. The van der Waals surface area contributed by atoms with E-state index in [2.05, 4.69) is 15.9 Å². The van der Waals surface area contributed by atoms with Crippen LogP contribution in [0.1, 0.15) is 5.56 Å². The van der Waals surface area contributed by atoms with Gasteiger partial charge in [-0.15, -0.1) is 0 Å². The Morgan fingerprint density at radius 2 is 2.09 bits per heavy atom. The van der Waals surface area contributed by atoms with Gasteiger partial charge in [-0.2, -0.15) is 0 Å². The van der Waals surface area contributed by atoms with Crippen molar-refractivity contribution in [2.24, 2.45) is 0 Å². The summed E-state index contributed by atoms with van der Waals surface area (Å²) in [5.41, 5.74) is 0.609. The first-order chi connectivity index (χ1) is 5.16. The third-order valence-electron chi connectivity index (χ3n) is 1.46. The molecule has 0 aromatic heterocycles. The Labute approximate surface area is 73.3 Å². The lowest BCUT2D eigenvalue weighted by Crippen LogP contribution is -1.89. The summed E-state index contributed by atoms with van der Waals surface area (Å²) >= 11 is 3.09. The number of hydrogen-bond donors (Lipinski definition) is 0. The van der Waals surface area contributed by atoms with Gasteiger partial charge in [0.05, 0.1) is 11.6 Å². The van der Waals surface area contributed by atoms with Crippen molar-refractivity contribution in [3.63, 3.8) is 0 Å². The molecule has 60 valence electrons. The van der Waals surface area contributed by atoms with E-state index in [9.17, 15) is 4.39 Å². The summed E-state index contributed by atoms with van der Waals surface area (Å²) in [4.78, 5) is 0. The van der Waals surface area contributed by atoms with Crippen LogP contribution in [0.5, 0.6) is 5.75 Å². The van der Waals surface area contributed by atoms with Gasteiger partial charge in [-0.05, 0) is 34.5 Å². The predicted molar refractivity (Wildman–Crippen MR) is 45.4 cm³/mol. The van der Waals surface area contributed by atoms with Crippen LogP contribution in [-0.2, 0) is 0 Å². The standard InChI is InChI=1S/C8H8BrFO/c1-5-3-4-6(11-2)7(9)8(5)10/h3-4H,1-2H3. The van der Waals surface area contributed by atoms with Crippen molar-refractivity contribution in [3.05, 3.63) is 28.0 Å². The fourth-order valence-corrected chi connectivity index (χ4v) is 1.39. The summed E-state index contributed by atoms with van der Waals surface area (Å²) in [5, 5.41) is 0. The van der Waals surface area contributed by atoms with Crippen LogP contribution >= 0.6 is 15.9 Å². The summed E-state index contributed by atoms with van der Waals surface area (Å²) in [7, 11) is 1.51. The summed E-state index contributed by atoms with van der Waals surface area (Å²) in [5.74, 6) is 0.262. The van der Waals surface area contributed by atoms with Crippen molar-refractivity contribution >= 4 is 15.9 Å². The Balaban J connectivity index is 3.25. The Morgan fingerprint density at radius 3 is 2.64 bits per heavy atom. The Bertz CT molecular complexity index is 273. The molecule has 1 aromatic carbocycles. The lowest BCUT2D eigenvalue weighted by molar-refractivity contribution is 0.407. The van der Waals surface area contributed by atoms with Crippen LogP contribution in [0.15, 0.2) is 16.6 Å². The van der Waals surface area contributed by atoms with Crippen LogP contribution in [0.2, 0.25) is 0 Å². The average molecular weight is 219 g/mol. The van der Waals surface area contributed by atoms with E-state index >= 15 is 0 Å². The molecule has 0 fully saturated rings. The van der Waals surface area contributed by atoms with E-state index in [0.717, 1.165) is 0 Å². The molecule has 0 bridgehead atoms. The minimum atomic E-state index is -0.260. The highest BCUT2D eigenvalue weighted by molar-refractivity contribution is 9.10. The van der Waals surface area contributed by atoms with Crippen LogP contribution < -0.4 is 4.74 Å². The molecule has 1 rings (SSSR count). The molecule has 0 unspecified atom stereocenters. The van der Waals surface area contributed by atoms with Crippen molar-refractivity contribution < 1.29 is 9.13 Å². The summed E-state index contributed by atoms with van der Waals surface area (Å²) in [6.45, 7) is 1.71. The fraction of sp³-hybridized carbons (Fsp3) is 0.250. The van der Waals surface area contributed by atoms with Gasteiger partial charge in [-0.3, -0.25) is 0 Å². The van der Waals surface area contributed by atoms with Gasteiger partial charge in [0.1, 0.15) is 11.6 Å². The highest BCUT2D eigenvalue weighted by atomic mass is 79.9. The van der Waals surface area contributed by atoms with Gasteiger partial charge in [-0.25, -0.2) is 4.39 Å². The quantitative estimate of drug-likeness (QED) is 0.705. The largest absolute Gasteiger partial charge is 0.495 e. The molecule has 0 amide bonds. The van der Waals surface area contributed by atoms with Crippen molar-refractivity contribution in [1.29, 1.82) is 0 Å². The number of halogens is 2. The maximum atomic E-state index is 13.1. The molecule has 11 heavy (non-hydrogen) atoms. The molecule has 0 atom stereocenters. The van der Waals surface area contributed by atoms with E-state index in [1.165, 1.54) is 7.11 Å². The number of aryl methyl sites for hydroxylation is 1. The molecular weight excluding hydrogens is 211 g/mol. The molecular formula is C8H8BrFO. The lowest BCUT2D eigenvalue weighted by Gasteiger charge is -2.04. The van der Waals surface area contributed by atoms with Gasteiger partial charge in [0.15, 0.2) is 0 Å². The second kappa shape index (κ2) is 3.22. The molecule has 0 aliphatic heterocycles.